The molecule has 0 heterocycles. The molecule has 3 nitrogen and oxygen atoms in total. The van der Waals surface area contributed by atoms with Crippen molar-refractivity contribution in [2.24, 2.45) is 0 Å². The van der Waals surface area contributed by atoms with E-state index in [1.165, 1.54) is 0 Å². The van der Waals surface area contributed by atoms with E-state index in [-0.39, 0.29) is 11.8 Å². The Balaban J connectivity index is 2.65. The van der Waals surface area contributed by atoms with E-state index >= 15 is 0 Å². The van der Waals surface area contributed by atoms with Gasteiger partial charge in [0, 0.05) is 5.69 Å². The van der Waals surface area contributed by atoms with E-state index in [0.717, 1.165) is 5.69 Å². The number of phenolic OH excluding ortho intramolecular Hbond substituents is 1. The molecule has 0 radical (unpaired) electrons. The fraction of sp³-hybridized carbons (Fsp3) is 0.455. The molecule has 0 fully saturated rings. The number of aliphatic hydroxyl groups is 1. The molecule has 0 aliphatic rings. The Morgan fingerprint density at radius 2 is 1.71 bits per heavy atom. The predicted molar refractivity (Wildman–Crippen MR) is 57.5 cm³/mol. The molecule has 0 aliphatic carbocycles. The second-order valence-corrected chi connectivity index (χ2v) is 4.07. The van der Waals surface area contributed by atoms with Gasteiger partial charge in [0.05, 0.1) is 11.6 Å². The Morgan fingerprint density at radius 3 is 2.14 bits per heavy atom. The summed E-state index contributed by atoms with van der Waals surface area (Å²) >= 11 is 0. The van der Waals surface area contributed by atoms with Gasteiger partial charge >= 0.3 is 0 Å². The molecule has 0 saturated carbocycles. The number of hydrogen-bond donors (Lipinski definition) is 3. The molecule has 1 aromatic carbocycles. The van der Waals surface area contributed by atoms with Gasteiger partial charge in [-0.25, -0.2) is 0 Å². The van der Waals surface area contributed by atoms with Gasteiger partial charge in [0.2, 0.25) is 0 Å². The Labute approximate surface area is 84.4 Å². The standard InChI is InChI=1S/C11H17NO2/c1-8(11(2,3)14)12-9-4-6-10(13)7-5-9/h4-8,12-14H,1-3H3. The summed E-state index contributed by atoms with van der Waals surface area (Å²) in [7, 11) is 0. The zero-order valence-corrected chi connectivity index (χ0v) is 8.78. The van der Waals surface area contributed by atoms with Gasteiger partial charge in [-0.1, -0.05) is 0 Å². The first kappa shape index (κ1) is 10.9. The molecule has 3 N–H and O–H groups in total. The van der Waals surface area contributed by atoms with Crippen molar-refractivity contribution in [3.63, 3.8) is 0 Å². The van der Waals surface area contributed by atoms with Crippen LogP contribution in [0.25, 0.3) is 0 Å². The van der Waals surface area contributed by atoms with E-state index in [9.17, 15) is 5.11 Å². The summed E-state index contributed by atoms with van der Waals surface area (Å²) in [5.41, 5.74) is 0.121. The molecule has 1 aromatic rings. The molecule has 1 atom stereocenters. The number of anilines is 1. The Morgan fingerprint density at radius 1 is 1.21 bits per heavy atom. The highest BCUT2D eigenvalue weighted by molar-refractivity contribution is 5.46. The van der Waals surface area contributed by atoms with Crippen LogP contribution in [-0.4, -0.2) is 21.9 Å². The maximum absolute atomic E-state index is 9.69. The van der Waals surface area contributed by atoms with Crippen LogP contribution in [-0.2, 0) is 0 Å². The molecule has 0 spiro atoms. The van der Waals surface area contributed by atoms with E-state index in [0.29, 0.717) is 0 Å². The fourth-order valence-electron chi connectivity index (χ4n) is 0.984. The summed E-state index contributed by atoms with van der Waals surface area (Å²) < 4.78 is 0. The van der Waals surface area contributed by atoms with E-state index in [2.05, 4.69) is 5.32 Å². The van der Waals surface area contributed by atoms with Gasteiger partial charge in [-0.2, -0.15) is 0 Å². The second kappa shape index (κ2) is 3.88. The first-order valence-corrected chi connectivity index (χ1v) is 4.67. The van der Waals surface area contributed by atoms with Gasteiger partial charge in [-0.3, -0.25) is 0 Å². The van der Waals surface area contributed by atoms with Crippen LogP contribution >= 0.6 is 0 Å². The van der Waals surface area contributed by atoms with Gasteiger partial charge in [0.25, 0.3) is 0 Å². The van der Waals surface area contributed by atoms with Crippen molar-refractivity contribution >= 4 is 5.69 Å². The van der Waals surface area contributed by atoms with Gasteiger partial charge in [0.1, 0.15) is 5.75 Å². The summed E-state index contributed by atoms with van der Waals surface area (Å²) in [6.45, 7) is 5.42. The van der Waals surface area contributed by atoms with Crippen LogP contribution in [0.15, 0.2) is 24.3 Å². The molecule has 0 amide bonds. The fourth-order valence-corrected chi connectivity index (χ4v) is 0.984. The Bertz CT molecular complexity index is 287. The van der Waals surface area contributed by atoms with Crippen molar-refractivity contribution in [1.29, 1.82) is 0 Å². The topological polar surface area (TPSA) is 52.5 Å². The van der Waals surface area contributed by atoms with Crippen molar-refractivity contribution in [1.82, 2.24) is 0 Å². The summed E-state index contributed by atoms with van der Waals surface area (Å²) in [5.74, 6) is 0.242. The number of hydrogen-bond acceptors (Lipinski definition) is 3. The van der Waals surface area contributed by atoms with Crippen molar-refractivity contribution < 1.29 is 10.2 Å². The van der Waals surface area contributed by atoms with Crippen LogP contribution in [0.2, 0.25) is 0 Å². The molecule has 0 aromatic heterocycles. The molecular weight excluding hydrogens is 178 g/mol. The average Bonchev–Trinajstić information content (AvgIpc) is 2.07. The molecule has 3 heteroatoms. The lowest BCUT2D eigenvalue weighted by atomic mass is 10.0. The maximum atomic E-state index is 9.69. The number of aromatic hydroxyl groups is 1. The minimum absolute atomic E-state index is 0.0490. The van der Waals surface area contributed by atoms with E-state index in [1.54, 1.807) is 38.1 Å². The minimum Gasteiger partial charge on any atom is -0.508 e. The average molecular weight is 195 g/mol. The SMILES string of the molecule is CC(Nc1ccc(O)cc1)C(C)(C)O. The van der Waals surface area contributed by atoms with Crippen molar-refractivity contribution in [3.8, 4) is 5.75 Å². The van der Waals surface area contributed by atoms with Crippen molar-refractivity contribution in [3.05, 3.63) is 24.3 Å². The maximum Gasteiger partial charge on any atom is 0.115 e. The largest absolute Gasteiger partial charge is 0.508 e. The van der Waals surface area contributed by atoms with Crippen LogP contribution in [0.3, 0.4) is 0 Å². The summed E-state index contributed by atoms with van der Waals surface area (Å²) in [6, 6.07) is 6.72. The third kappa shape index (κ3) is 2.92. The number of benzene rings is 1. The normalized spacial score (nSPS) is 13.7. The lowest BCUT2D eigenvalue weighted by Crippen LogP contribution is -2.39. The molecule has 0 bridgehead atoms. The summed E-state index contributed by atoms with van der Waals surface area (Å²) in [4.78, 5) is 0. The number of rotatable bonds is 3. The predicted octanol–water partition coefficient (Wildman–Crippen LogP) is 1.96. The van der Waals surface area contributed by atoms with Crippen LogP contribution in [0.4, 0.5) is 5.69 Å². The highest BCUT2D eigenvalue weighted by Gasteiger charge is 2.21. The lowest BCUT2D eigenvalue weighted by molar-refractivity contribution is 0.0649. The highest BCUT2D eigenvalue weighted by Crippen LogP contribution is 2.18. The van der Waals surface area contributed by atoms with Crippen LogP contribution in [0.5, 0.6) is 5.75 Å². The van der Waals surface area contributed by atoms with Crippen LogP contribution in [0, 0.1) is 0 Å². The van der Waals surface area contributed by atoms with Gasteiger partial charge in [-0.05, 0) is 45.0 Å². The zero-order valence-electron chi connectivity index (χ0n) is 8.78. The van der Waals surface area contributed by atoms with Crippen molar-refractivity contribution in [2.45, 2.75) is 32.4 Å². The Kier molecular flexibility index (Phi) is 3.01. The second-order valence-electron chi connectivity index (χ2n) is 4.07. The summed E-state index contributed by atoms with van der Waals surface area (Å²) in [6.07, 6.45) is 0. The highest BCUT2D eigenvalue weighted by atomic mass is 16.3. The molecule has 0 saturated heterocycles. The molecule has 1 unspecified atom stereocenters. The zero-order chi connectivity index (χ0) is 10.8. The lowest BCUT2D eigenvalue weighted by Gasteiger charge is -2.27. The monoisotopic (exact) mass is 195 g/mol. The third-order valence-electron chi connectivity index (χ3n) is 2.31. The Hall–Kier alpha value is -1.22. The van der Waals surface area contributed by atoms with Crippen LogP contribution in [0.1, 0.15) is 20.8 Å². The minimum atomic E-state index is -0.766. The summed E-state index contributed by atoms with van der Waals surface area (Å²) in [5, 5.41) is 21.9. The first-order valence-electron chi connectivity index (χ1n) is 4.67. The van der Waals surface area contributed by atoms with Gasteiger partial charge < -0.3 is 15.5 Å². The van der Waals surface area contributed by atoms with Crippen molar-refractivity contribution in [2.75, 3.05) is 5.32 Å². The smallest absolute Gasteiger partial charge is 0.115 e. The molecule has 0 aliphatic heterocycles. The number of phenols is 1. The van der Waals surface area contributed by atoms with E-state index in [4.69, 9.17) is 5.11 Å². The quantitative estimate of drug-likeness (QED) is 0.646. The van der Waals surface area contributed by atoms with Crippen LogP contribution < -0.4 is 5.32 Å². The first-order chi connectivity index (χ1) is 6.39. The third-order valence-corrected chi connectivity index (χ3v) is 2.31. The molecule has 14 heavy (non-hydrogen) atoms. The van der Waals surface area contributed by atoms with E-state index < -0.39 is 5.60 Å². The molecule has 1 rings (SSSR count). The van der Waals surface area contributed by atoms with Gasteiger partial charge in [0.15, 0.2) is 0 Å². The molecule has 78 valence electrons. The van der Waals surface area contributed by atoms with Gasteiger partial charge in [-0.15, -0.1) is 0 Å². The molecular formula is C11H17NO2. The van der Waals surface area contributed by atoms with E-state index in [1.807, 2.05) is 6.92 Å². The number of nitrogens with one attached hydrogen (secondary N) is 1.